The molecular weight excluding hydrogens is 538 g/mol. The number of urea groups is 1. The number of hydrogen-bond acceptors (Lipinski definition) is 7. The Labute approximate surface area is 245 Å². The zero-order chi connectivity index (χ0) is 30.3. The molecule has 0 radical (unpaired) electrons. The fourth-order valence-corrected chi connectivity index (χ4v) is 4.01. The predicted octanol–water partition coefficient (Wildman–Crippen LogP) is 3.74. The second kappa shape index (κ2) is 16.5. The number of aryl methyl sites for hydroxylation is 1. The first-order valence-corrected chi connectivity index (χ1v) is 13.8. The molecule has 11 heteroatoms. The van der Waals surface area contributed by atoms with Crippen molar-refractivity contribution in [3.63, 3.8) is 0 Å². The fraction of sp³-hybridized carbons (Fsp3) is 0.323. The molecule has 0 unspecified atom stereocenters. The highest BCUT2D eigenvalue weighted by molar-refractivity contribution is 6.07. The van der Waals surface area contributed by atoms with E-state index in [4.69, 9.17) is 25.7 Å². The van der Waals surface area contributed by atoms with Gasteiger partial charge in [-0.3, -0.25) is 9.59 Å². The average molecular weight is 578 g/mol. The number of nitrogens with two attached hydrogens (primary N) is 2. The monoisotopic (exact) mass is 577 g/mol. The molecule has 0 aliphatic heterocycles. The van der Waals surface area contributed by atoms with Crippen LogP contribution in [0.3, 0.4) is 0 Å². The van der Waals surface area contributed by atoms with Crippen LogP contribution in [-0.2, 0) is 6.54 Å². The van der Waals surface area contributed by atoms with Crippen molar-refractivity contribution in [3.05, 3.63) is 82.9 Å². The van der Waals surface area contributed by atoms with Gasteiger partial charge in [0.05, 0.1) is 31.6 Å². The van der Waals surface area contributed by atoms with Crippen molar-refractivity contribution in [2.45, 2.75) is 32.7 Å². The highest BCUT2D eigenvalue weighted by Gasteiger charge is 2.17. The van der Waals surface area contributed by atoms with Gasteiger partial charge in [0.2, 0.25) is 0 Å². The number of nitrogens with one attached hydrogen (secondary N) is 3. The summed E-state index contributed by atoms with van der Waals surface area (Å²) in [7, 11) is 1.47. The Bertz CT molecular complexity index is 1360. The van der Waals surface area contributed by atoms with Crippen molar-refractivity contribution in [2.24, 2.45) is 11.5 Å². The Balaban J connectivity index is 1.62. The lowest BCUT2D eigenvalue weighted by Crippen LogP contribution is -2.30. The van der Waals surface area contributed by atoms with Gasteiger partial charge in [-0.25, -0.2) is 4.79 Å². The number of carbonyl (C=O) groups is 3. The van der Waals surface area contributed by atoms with Gasteiger partial charge in [-0.05, 0) is 74.7 Å². The van der Waals surface area contributed by atoms with Gasteiger partial charge in [0, 0.05) is 24.2 Å². The van der Waals surface area contributed by atoms with Crippen LogP contribution < -0.4 is 41.6 Å². The summed E-state index contributed by atoms with van der Waals surface area (Å²) in [6, 6.07) is 17.0. The number of para-hydroxylation sites is 1. The van der Waals surface area contributed by atoms with Gasteiger partial charge >= 0.3 is 6.03 Å². The van der Waals surface area contributed by atoms with Crippen LogP contribution >= 0.6 is 0 Å². The summed E-state index contributed by atoms with van der Waals surface area (Å²) in [5.41, 5.74) is 13.6. The molecule has 3 rings (SSSR count). The maximum absolute atomic E-state index is 13.0. The van der Waals surface area contributed by atoms with E-state index in [-0.39, 0.29) is 18.4 Å². The second-order valence-electron chi connectivity index (χ2n) is 9.50. The van der Waals surface area contributed by atoms with Gasteiger partial charge in [0.15, 0.2) is 0 Å². The second-order valence-corrected chi connectivity index (χ2v) is 9.50. The zero-order valence-electron chi connectivity index (χ0n) is 24.0. The third-order valence-corrected chi connectivity index (χ3v) is 6.24. The summed E-state index contributed by atoms with van der Waals surface area (Å²) >= 11 is 0. The molecule has 0 saturated heterocycles. The van der Waals surface area contributed by atoms with E-state index in [9.17, 15) is 14.4 Å². The van der Waals surface area contributed by atoms with E-state index in [2.05, 4.69) is 16.0 Å². The minimum absolute atomic E-state index is 0.249. The van der Waals surface area contributed by atoms with Crippen LogP contribution in [0, 0.1) is 6.92 Å². The van der Waals surface area contributed by atoms with Crippen molar-refractivity contribution < 1.29 is 28.6 Å². The van der Waals surface area contributed by atoms with Crippen molar-refractivity contribution in [1.82, 2.24) is 10.6 Å². The third kappa shape index (κ3) is 9.70. The fourth-order valence-electron chi connectivity index (χ4n) is 4.01. The van der Waals surface area contributed by atoms with E-state index >= 15 is 0 Å². The molecule has 0 aliphatic carbocycles. The highest BCUT2D eigenvalue weighted by Crippen LogP contribution is 2.28. The van der Waals surface area contributed by atoms with E-state index < -0.39 is 6.03 Å². The van der Waals surface area contributed by atoms with Crippen molar-refractivity contribution in [2.75, 3.05) is 38.7 Å². The number of primary amides is 1. The quantitative estimate of drug-likeness (QED) is 0.162. The first kappa shape index (κ1) is 31.8. The molecule has 0 aromatic heterocycles. The maximum atomic E-state index is 13.0. The molecule has 0 saturated carbocycles. The number of hydrogen-bond donors (Lipinski definition) is 5. The Morgan fingerprint density at radius 1 is 0.810 bits per heavy atom. The van der Waals surface area contributed by atoms with E-state index in [0.29, 0.717) is 66.8 Å². The van der Waals surface area contributed by atoms with Gasteiger partial charge in [0.25, 0.3) is 11.8 Å². The topological polar surface area (TPSA) is 167 Å². The lowest BCUT2D eigenvalue weighted by Gasteiger charge is -2.15. The summed E-state index contributed by atoms with van der Waals surface area (Å²) in [4.78, 5) is 36.8. The lowest BCUT2D eigenvalue weighted by atomic mass is 10.1. The van der Waals surface area contributed by atoms with Crippen LogP contribution in [0.2, 0.25) is 0 Å². The molecule has 4 amide bonds. The average Bonchev–Trinajstić information content (AvgIpc) is 2.98. The summed E-state index contributed by atoms with van der Waals surface area (Å²) in [6.07, 6.45) is 2.13. The Morgan fingerprint density at radius 3 is 2.33 bits per heavy atom. The van der Waals surface area contributed by atoms with Gasteiger partial charge in [0.1, 0.15) is 17.2 Å². The number of unbranched alkanes of at least 4 members (excludes halogenated alkanes) is 1. The van der Waals surface area contributed by atoms with E-state index in [1.807, 2.05) is 25.1 Å². The molecule has 3 aromatic rings. The van der Waals surface area contributed by atoms with Gasteiger partial charge in [-0.1, -0.05) is 24.3 Å². The molecule has 0 fully saturated rings. The Kier molecular flexibility index (Phi) is 12.5. The van der Waals surface area contributed by atoms with E-state index in [0.717, 1.165) is 24.0 Å². The molecule has 42 heavy (non-hydrogen) atoms. The molecule has 0 aliphatic rings. The SMILES string of the molecule is COc1cc(C(=O)NCc2ccc(C)cc2OCCCCNC(N)=O)ccc1NC(=O)c1ccccc1OCCCN. The molecule has 0 atom stereocenters. The Morgan fingerprint density at radius 2 is 1.57 bits per heavy atom. The number of anilines is 1. The number of benzene rings is 3. The number of rotatable bonds is 16. The molecule has 11 nitrogen and oxygen atoms in total. The Hall–Kier alpha value is -4.77. The molecule has 7 N–H and O–H groups in total. The number of carbonyl (C=O) groups excluding carboxylic acids is 3. The maximum Gasteiger partial charge on any atom is 0.312 e. The van der Waals surface area contributed by atoms with Crippen LogP contribution in [0.25, 0.3) is 0 Å². The smallest absolute Gasteiger partial charge is 0.312 e. The molecule has 0 heterocycles. The number of amides is 4. The first-order valence-electron chi connectivity index (χ1n) is 13.8. The first-order chi connectivity index (χ1) is 20.3. The number of methoxy groups -OCH3 is 1. The summed E-state index contributed by atoms with van der Waals surface area (Å²) in [5, 5.41) is 8.31. The molecular formula is C31H39N5O6. The minimum Gasteiger partial charge on any atom is -0.495 e. The third-order valence-electron chi connectivity index (χ3n) is 6.24. The van der Waals surface area contributed by atoms with Crippen LogP contribution in [0.1, 0.15) is 51.1 Å². The standard InChI is InChI=1S/C31H39N5O6/c1-21-10-11-23(27(18-21)42-16-6-5-15-34-31(33)39)20-35-29(37)22-12-13-25(28(19-22)40-2)36-30(38)24-8-3-4-9-26(24)41-17-7-14-32/h3-4,8-13,18-19H,5-7,14-17,20,32H2,1-2H3,(H,35,37)(H,36,38)(H3,33,34,39). The van der Waals surface area contributed by atoms with Gasteiger partial charge < -0.3 is 41.6 Å². The van der Waals surface area contributed by atoms with E-state index in [1.54, 1.807) is 42.5 Å². The lowest BCUT2D eigenvalue weighted by molar-refractivity contribution is 0.0949. The summed E-state index contributed by atoms with van der Waals surface area (Å²) in [6.45, 7) is 4.05. The van der Waals surface area contributed by atoms with Crippen LogP contribution in [0.4, 0.5) is 10.5 Å². The van der Waals surface area contributed by atoms with Gasteiger partial charge in [-0.2, -0.15) is 0 Å². The van der Waals surface area contributed by atoms with Gasteiger partial charge in [-0.15, -0.1) is 0 Å². The van der Waals surface area contributed by atoms with Crippen LogP contribution in [0.5, 0.6) is 17.2 Å². The predicted molar refractivity (Wildman–Crippen MR) is 161 cm³/mol. The van der Waals surface area contributed by atoms with Crippen LogP contribution in [-0.4, -0.2) is 51.3 Å². The molecule has 224 valence electrons. The largest absolute Gasteiger partial charge is 0.495 e. The zero-order valence-corrected chi connectivity index (χ0v) is 24.0. The van der Waals surface area contributed by atoms with Crippen molar-refractivity contribution in [1.29, 1.82) is 0 Å². The van der Waals surface area contributed by atoms with Crippen LogP contribution in [0.15, 0.2) is 60.7 Å². The summed E-state index contributed by atoms with van der Waals surface area (Å²) in [5.74, 6) is 0.792. The molecule has 0 spiro atoms. The van der Waals surface area contributed by atoms with Crippen molar-refractivity contribution in [3.8, 4) is 17.2 Å². The normalized spacial score (nSPS) is 10.5. The molecule has 3 aromatic carbocycles. The van der Waals surface area contributed by atoms with Crippen molar-refractivity contribution >= 4 is 23.5 Å². The number of ether oxygens (including phenoxy) is 3. The highest BCUT2D eigenvalue weighted by atomic mass is 16.5. The summed E-state index contributed by atoms with van der Waals surface area (Å²) < 4.78 is 17.1. The van der Waals surface area contributed by atoms with E-state index in [1.165, 1.54) is 7.11 Å². The minimum atomic E-state index is -0.546. The molecule has 0 bridgehead atoms.